The van der Waals surface area contributed by atoms with Crippen molar-refractivity contribution in [1.29, 1.82) is 0 Å². The van der Waals surface area contributed by atoms with Crippen LogP contribution in [-0.2, 0) is 26.8 Å². The third-order valence-electron chi connectivity index (χ3n) is 5.26. The van der Waals surface area contributed by atoms with E-state index in [1.165, 1.54) is 5.56 Å². The van der Waals surface area contributed by atoms with Gasteiger partial charge in [0.1, 0.15) is 5.25 Å². The fourth-order valence-corrected chi connectivity index (χ4v) is 5.06. The average molecular weight is 403 g/mol. The minimum atomic E-state index is -3.56. The van der Waals surface area contributed by atoms with Crippen LogP contribution in [0.4, 0.5) is 0 Å². The molecule has 2 atom stereocenters. The molecule has 2 aromatic carbocycles. The van der Waals surface area contributed by atoms with Crippen molar-refractivity contribution >= 4 is 10.0 Å². The maximum Gasteiger partial charge on any atom is 0.219 e. The fraction of sp³-hybridized carbons (Fsp3) is 0.455. The quantitative estimate of drug-likeness (QED) is 0.829. The standard InChI is InChI=1S/C22H30N2O3S/c1-16-7-6-8-17(13-16)14-23-28(25,26)20-15-27-24(5)21(20)18-9-11-19(12-10-18)22(2,3)4/h6-13,20-21,23H,14-15H2,1-5H3/t20-,21-/m0/s1. The minimum Gasteiger partial charge on any atom is -0.297 e. The van der Waals surface area contributed by atoms with Crippen LogP contribution in [0, 0.1) is 6.92 Å². The Hall–Kier alpha value is -1.73. The lowest BCUT2D eigenvalue weighted by Gasteiger charge is -2.25. The van der Waals surface area contributed by atoms with Crippen molar-refractivity contribution in [2.75, 3.05) is 13.7 Å². The van der Waals surface area contributed by atoms with E-state index in [1.54, 1.807) is 12.1 Å². The number of aryl methyl sites for hydroxylation is 1. The van der Waals surface area contributed by atoms with Crippen LogP contribution in [0.5, 0.6) is 0 Å². The molecule has 0 aliphatic carbocycles. The van der Waals surface area contributed by atoms with Crippen molar-refractivity contribution < 1.29 is 13.3 Å². The highest BCUT2D eigenvalue weighted by atomic mass is 32.2. The molecule has 3 rings (SSSR count). The molecule has 152 valence electrons. The molecule has 0 amide bonds. The predicted molar refractivity (Wildman–Crippen MR) is 112 cm³/mol. The first kappa shape index (κ1) is 21.0. The summed E-state index contributed by atoms with van der Waals surface area (Å²) in [5, 5.41) is 0.991. The van der Waals surface area contributed by atoms with Crippen molar-refractivity contribution in [3.8, 4) is 0 Å². The van der Waals surface area contributed by atoms with E-state index >= 15 is 0 Å². The lowest BCUT2D eigenvalue weighted by atomic mass is 9.86. The van der Waals surface area contributed by atoms with Gasteiger partial charge in [-0.3, -0.25) is 4.84 Å². The molecule has 6 heteroatoms. The summed E-state index contributed by atoms with van der Waals surface area (Å²) >= 11 is 0. The van der Waals surface area contributed by atoms with Crippen LogP contribution >= 0.6 is 0 Å². The number of hydrogen-bond donors (Lipinski definition) is 1. The van der Waals surface area contributed by atoms with Crippen LogP contribution in [0.2, 0.25) is 0 Å². The molecule has 5 nitrogen and oxygen atoms in total. The summed E-state index contributed by atoms with van der Waals surface area (Å²) < 4.78 is 28.8. The van der Waals surface area contributed by atoms with E-state index in [0.29, 0.717) is 0 Å². The summed E-state index contributed by atoms with van der Waals surface area (Å²) in [6.07, 6.45) is 0. The first-order chi connectivity index (χ1) is 13.1. The van der Waals surface area contributed by atoms with Gasteiger partial charge in [0, 0.05) is 13.6 Å². The second-order valence-electron chi connectivity index (χ2n) is 8.55. The third-order valence-corrected chi connectivity index (χ3v) is 7.00. The predicted octanol–water partition coefficient (Wildman–Crippen LogP) is 3.70. The molecule has 0 bridgehead atoms. The number of hydrogen-bond acceptors (Lipinski definition) is 4. The zero-order chi connectivity index (χ0) is 20.5. The minimum absolute atomic E-state index is 0.0530. The van der Waals surface area contributed by atoms with Crippen molar-refractivity contribution in [3.05, 3.63) is 70.8 Å². The molecular weight excluding hydrogens is 372 g/mol. The third kappa shape index (κ3) is 4.63. The number of nitrogens with one attached hydrogen (secondary N) is 1. The lowest BCUT2D eigenvalue weighted by molar-refractivity contribution is -0.110. The zero-order valence-electron chi connectivity index (χ0n) is 17.3. The second kappa shape index (κ2) is 7.95. The average Bonchev–Trinajstić information content (AvgIpc) is 3.02. The molecule has 0 unspecified atom stereocenters. The van der Waals surface area contributed by atoms with Crippen LogP contribution in [0.25, 0.3) is 0 Å². The molecule has 1 aliphatic rings. The molecule has 1 fully saturated rings. The number of nitrogens with zero attached hydrogens (tertiary/aromatic N) is 1. The number of hydroxylamine groups is 2. The molecule has 0 aromatic heterocycles. The molecule has 0 spiro atoms. The molecule has 0 radical (unpaired) electrons. The maximum absolute atomic E-state index is 13.0. The highest BCUT2D eigenvalue weighted by Crippen LogP contribution is 2.34. The van der Waals surface area contributed by atoms with Gasteiger partial charge in [-0.1, -0.05) is 74.9 Å². The van der Waals surface area contributed by atoms with Gasteiger partial charge in [-0.05, 0) is 29.0 Å². The van der Waals surface area contributed by atoms with Gasteiger partial charge in [-0.25, -0.2) is 13.1 Å². The van der Waals surface area contributed by atoms with E-state index in [1.807, 2.05) is 43.3 Å². The van der Waals surface area contributed by atoms with Crippen LogP contribution < -0.4 is 4.72 Å². The number of benzene rings is 2. The highest BCUT2D eigenvalue weighted by Gasteiger charge is 2.43. The van der Waals surface area contributed by atoms with Gasteiger partial charge in [-0.2, -0.15) is 5.06 Å². The summed E-state index contributed by atoms with van der Waals surface area (Å²) in [5.74, 6) is 0. The van der Waals surface area contributed by atoms with Gasteiger partial charge in [-0.15, -0.1) is 0 Å². The van der Waals surface area contributed by atoms with Gasteiger partial charge >= 0.3 is 0 Å². The molecule has 2 aromatic rings. The summed E-state index contributed by atoms with van der Waals surface area (Å²) in [4.78, 5) is 5.60. The van der Waals surface area contributed by atoms with E-state index in [0.717, 1.165) is 16.7 Å². The molecule has 0 saturated carbocycles. The summed E-state index contributed by atoms with van der Waals surface area (Å²) in [6, 6.07) is 15.7. The van der Waals surface area contributed by atoms with E-state index in [-0.39, 0.29) is 24.6 Å². The van der Waals surface area contributed by atoms with Gasteiger partial charge in [0.25, 0.3) is 0 Å². The van der Waals surface area contributed by atoms with E-state index in [2.05, 4.69) is 37.6 Å². The van der Waals surface area contributed by atoms with E-state index in [9.17, 15) is 8.42 Å². The van der Waals surface area contributed by atoms with Crippen LogP contribution in [0.1, 0.15) is 49.1 Å². The number of sulfonamides is 1. The SMILES string of the molecule is Cc1cccc(CNS(=O)(=O)[C@H]2CON(C)[C@H]2c2ccc(C(C)(C)C)cc2)c1. The van der Waals surface area contributed by atoms with Gasteiger partial charge in [0.2, 0.25) is 10.0 Å². The highest BCUT2D eigenvalue weighted by molar-refractivity contribution is 7.90. The van der Waals surface area contributed by atoms with Crippen molar-refractivity contribution in [2.24, 2.45) is 0 Å². The molecular formula is C22H30N2O3S. The van der Waals surface area contributed by atoms with E-state index in [4.69, 9.17) is 4.84 Å². The normalized spacial score (nSPS) is 21.2. The molecule has 1 heterocycles. The van der Waals surface area contributed by atoms with Gasteiger partial charge in [0.05, 0.1) is 12.6 Å². The Kier molecular flexibility index (Phi) is 5.96. The van der Waals surface area contributed by atoms with Crippen LogP contribution in [0.15, 0.2) is 48.5 Å². The monoisotopic (exact) mass is 402 g/mol. The summed E-state index contributed by atoms with van der Waals surface area (Å²) in [5.41, 5.74) is 4.27. The Morgan fingerprint density at radius 3 is 2.43 bits per heavy atom. The number of rotatable bonds is 5. The largest absolute Gasteiger partial charge is 0.297 e. The Balaban J connectivity index is 1.79. The summed E-state index contributed by atoms with van der Waals surface area (Å²) in [7, 11) is -1.77. The molecule has 1 N–H and O–H groups in total. The Morgan fingerprint density at radius 1 is 1.14 bits per heavy atom. The van der Waals surface area contributed by atoms with Crippen molar-refractivity contribution in [3.63, 3.8) is 0 Å². The van der Waals surface area contributed by atoms with Crippen molar-refractivity contribution in [2.45, 2.75) is 50.9 Å². The maximum atomic E-state index is 13.0. The van der Waals surface area contributed by atoms with Crippen LogP contribution in [-0.4, -0.2) is 32.4 Å². The molecule has 28 heavy (non-hydrogen) atoms. The van der Waals surface area contributed by atoms with Crippen molar-refractivity contribution in [1.82, 2.24) is 9.79 Å². The first-order valence-electron chi connectivity index (χ1n) is 9.58. The topological polar surface area (TPSA) is 58.6 Å². The van der Waals surface area contributed by atoms with Gasteiger partial charge < -0.3 is 0 Å². The summed E-state index contributed by atoms with van der Waals surface area (Å²) in [6.45, 7) is 8.90. The Labute approximate surface area is 168 Å². The zero-order valence-corrected chi connectivity index (χ0v) is 18.1. The Bertz CT molecular complexity index is 918. The Morgan fingerprint density at radius 2 is 1.82 bits per heavy atom. The smallest absolute Gasteiger partial charge is 0.219 e. The lowest BCUT2D eigenvalue weighted by Crippen LogP contribution is -2.39. The second-order valence-corrected chi connectivity index (χ2v) is 10.5. The van der Waals surface area contributed by atoms with Gasteiger partial charge in [0.15, 0.2) is 0 Å². The molecule has 1 aliphatic heterocycles. The fourth-order valence-electron chi connectivity index (χ4n) is 3.57. The van der Waals surface area contributed by atoms with Crippen LogP contribution in [0.3, 0.4) is 0 Å². The first-order valence-corrected chi connectivity index (χ1v) is 11.1. The molecule has 1 saturated heterocycles. The van der Waals surface area contributed by atoms with E-state index < -0.39 is 15.3 Å².